The van der Waals surface area contributed by atoms with Crippen LogP contribution in [0.4, 0.5) is 0 Å². The molecule has 5 heteroatoms. The van der Waals surface area contributed by atoms with Gasteiger partial charge in [0, 0.05) is 12.8 Å². The molecule has 0 aliphatic rings. The van der Waals surface area contributed by atoms with Crippen LogP contribution in [-0.2, 0) is 19.1 Å². The minimum Gasteiger partial charge on any atom is -0.462 e. The Morgan fingerprint density at radius 1 is 0.287 bits per heavy atom. The van der Waals surface area contributed by atoms with Crippen molar-refractivity contribution in [1.29, 1.82) is 0 Å². The maximum atomic E-state index is 12.4. The molecule has 0 spiro atoms. The Morgan fingerprint density at radius 3 is 0.750 bits per heavy atom. The van der Waals surface area contributed by atoms with E-state index in [-0.39, 0.29) is 25.2 Å². The lowest BCUT2D eigenvalue weighted by Crippen LogP contribution is -2.28. The fourth-order valence-corrected chi connectivity index (χ4v) is 9.47. The lowest BCUT2D eigenvalue weighted by Gasteiger charge is -2.15. The Hall–Kier alpha value is -3.96. The van der Waals surface area contributed by atoms with Crippen LogP contribution in [0.5, 0.6) is 0 Å². The van der Waals surface area contributed by atoms with Gasteiger partial charge in [-0.2, -0.15) is 0 Å². The zero-order valence-corrected chi connectivity index (χ0v) is 52.3. The van der Waals surface area contributed by atoms with Gasteiger partial charge in [0.1, 0.15) is 6.61 Å². The molecule has 1 N–H and O–H groups in total. The molecule has 1 atom stereocenters. The van der Waals surface area contributed by atoms with Gasteiger partial charge in [-0.1, -0.05) is 321 Å². The van der Waals surface area contributed by atoms with E-state index in [0.717, 1.165) is 109 Å². The number of allylic oxidation sites excluding steroid dienone is 22. The molecule has 0 heterocycles. The van der Waals surface area contributed by atoms with Crippen molar-refractivity contribution in [3.63, 3.8) is 0 Å². The van der Waals surface area contributed by atoms with Gasteiger partial charge in [0.25, 0.3) is 0 Å². The van der Waals surface area contributed by atoms with Gasteiger partial charge in [-0.15, -0.1) is 0 Å². The van der Waals surface area contributed by atoms with Crippen LogP contribution >= 0.6 is 0 Å². The van der Waals surface area contributed by atoms with Crippen molar-refractivity contribution in [2.75, 3.05) is 13.2 Å². The van der Waals surface area contributed by atoms with Gasteiger partial charge < -0.3 is 14.6 Å². The molecule has 0 aromatic carbocycles. The summed E-state index contributed by atoms with van der Waals surface area (Å²) in [6.45, 7) is 3.94. The molecule has 0 saturated carbocycles. The number of hydrogen-bond donors (Lipinski definition) is 1. The molecule has 0 radical (unpaired) electrons. The molecule has 0 rings (SSSR count). The van der Waals surface area contributed by atoms with E-state index in [1.165, 1.54) is 173 Å². The Labute approximate surface area is 496 Å². The van der Waals surface area contributed by atoms with Gasteiger partial charge in [0.15, 0.2) is 6.10 Å². The Balaban J connectivity index is 3.48. The minimum atomic E-state index is -0.780. The predicted octanol–water partition coefficient (Wildman–Crippen LogP) is 23.5. The highest BCUT2D eigenvalue weighted by Crippen LogP contribution is 2.17. The van der Waals surface area contributed by atoms with Gasteiger partial charge in [0.2, 0.25) is 0 Å². The van der Waals surface area contributed by atoms with Gasteiger partial charge in [-0.25, -0.2) is 0 Å². The molecular formula is C75H126O5. The molecule has 0 bridgehead atoms. The zero-order chi connectivity index (χ0) is 57.6. The largest absolute Gasteiger partial charge is 0.462 e. The van der Waals surface area contributed by atoms with E-state index in [2.05, 4.69) is 148 Å². The van der Waals surface area contributed by atoms with Crippen molar-refractivity contribution in [3.05, 3.63) is 134 Å². The topological polar surface area (TPSA) is 72.8 Å². The second kappa shape index (κ2) is 69.3. The van der Waals surface area contributed by atoms with E-state index < -0.39 is 6.10 Å². The summed E-state index contributed by atoms with van der Waals surface area (Å²) in [4.78, 5) is 24.6. The van der Waals surface area contributed by atoms with Gasteiger partial charge in [-0.05, 0) is 109 Å². The number of carbonyl (C=O) groups excluding carboxylic acids is 2. The Bertz CT molecular complexity index is 1630. The summed E-state index contributed by atoms with van der Waals surface area (Å²) in [5, 5.41) is 9.70. The van der Waals surface area contributed by atoms with Crippen LogP contribution in [0.2, 0.25) is 0 Å². The molecule has 0 aliphatic heterocycles. The number of esters is 2. The first kappa shape index (κ1) is 76.0. The average Bonchev–Trinajstić information content (AvgIpc) is 3.46. The lowest BCUT2D eigenvalue weighted by molar-refractivity contribution is -0.161. The molecule has 80 heavy (non-hydrogen) atoms. The van der Waals surface area contributed by atoms with E-state index >= 15 is 0 Å². The number of carbonyl (C=O) groups is 2. The monoisotopic (exact) mass is 1110 g/mol. The summed E-state index contributed by atoms with van der Waals surface area (Å²) >= 11 is 0. The maximum Gasteiger partial charge on any atom is 0.306 e. The first-order valence-electron chi connectivity index (χ1n) is 33.7. The smallest absolute Gasteiger partial charge is 0.306 e. The van der Waals surface area contributed by atoms with E-state index in [1.807, 2.05) is 0 Å². The highest BCUT2D eigenvalue weighted by atomic mass is 16.6. The van der Waals surface area contributed by atoms with E-state index in [0.29, 0.717) is 12.8 Å². The standard InChI is InChI=1S/C75H126O5/c1-3-5-7-9-11-13-15-17-19-21-23-25-27-29-31-33-34-35-36-37-38-39-40-42-44-46-48-50-52-54-56-58-60-62-64-66-68-70-75(78)80-73(71-76)72-79-74(77)69-67-65-63-61-59-57-55-53-51-49-47-45-43-41-32-30-28-26-24-22-20-18-16-14-12-10-8-6-4-2/h5-8,11-14,17-20,23-26,29,31,34-35,37-38,73,76H,3-4,9-10,15-16,21-22,27-28,30,32-33,36,39-72H2,1-2H3/b7-5-,8-6-,13-11-,14-12-,19-17-,20-18-,25-23-,26-24-,31-29-,35-34-,38-37-. The third-order valence-corrected chi connectivity index (χ3v) is 14.4. The summed E-state index contributed by atoms with van der Waals surface area (Å²) < 4.78 is 10.8. The van der Waals surface area contributed by atoms with Crippen LogP contribution in [0, 0.1) is 0 Å². The van der Waals surface area contributed by atoms with E-state index in [1.54, 1.807) is 0 Å². The van der Waals surface area contributed by atoms with Crippen molar-refractivity contribution in [1.82, 2.24) is 0 Å². The summed E-state index contributed by atoms with van der Waals surface area (Å²) in [7, 11) is 0. The van der Waals surface area contributed by atoms with Crippen molar-refractivity contribution in [2.45, 2.75) is 315 Å². The maximum absolute atomic E-state index is 12.4. The van der Waals surface area contributed by atoms with Crippen molar-refractivity contribution < 1.29 is 24.2 Å². The van der Waals surface area contributed by atoms with E-state index in [4.69, 9.17) is 9.47 Å². The minimum absolute atomic E-state index is 0.0689. The summed E-state index contributed by atoms with van der Waals surface area (Å²) in [5.41, 5.74) is 0. The highest BCUT2D eigenvalue weighted by molar-refractivity contribution is 5.70. The number of aliphatic hydroxyl groups is 1. The quantitative estimate of drug-likeness (QED) is 0.0373. The van der Waals surface area contributed by atoms with Gasteiger partial charge in [-0.3, -0.25) is 9.59 Å². The van der Waals surface area contributed by atoms with Crippen molar-refractivity contribution in [2.24, 2.45) is 0 Å². The second-order valence-electron chi connectivity index (χ2n) is 22.1. The number of aliphatic hydroxyl groups excluding tert-OH is 1. The second-order valence-corrected chi connectivity index (χ2v) is 22.1. The normalized spacial score (nSPS) is 13.1. The molecular weight excluding hydrogens is 981 g/mol. The van der Waals surface area contributed by atoms with E-state index in [9.17, 15) is 14.7 Å². The number of rotatable bonds is 61. The predicted molar refractivity (Wildman–Crippen MR) is 352 cm³/mol. The molecule has 1 unspecified atom stereocenters. The van der Waals surface area contributed by atoms with Gasteiger partial charge >= 0.3 is 11.9 Å². The van der Waals surface area contributed by atoms with Crippen LogP contribution in [0.3, 0.4) is 0 Å². The van der Waals surface area contributed by atoms with Crippen molar-refractivity contribution >= 4 is 11.9 Å². The highest BCUT2D eigenvalue weighted by Gasteiger charge is 2.16. The molecule has 0 fully saturated rings. The van der Waals surface area contributed by atoms with Crippen molar-refractivity contribution in [3.8, 4) is 0 Å². The fraction of sp³-hybridized carbons (Fsp3) is 0.680. The molecule has 456 valence electrons. The molecule has 5 nitrogen and oxygen atoms in total. The number of ether oxygens (including phenoxy) is 2. The molecule has 0 aliphatic carbocycles. The summed E-state index contributed by atoms with van der Waals surface area (Å²) in [6, 6.07) is 0. The zero-order valence-electron chi connectivity index (χ0n) is 52.3. The number of unbranched alkanes of at least 4 members (excludes halogenated alkanes) is 31. The number of hydrogen-bond acceptors (Lipinski definition) is 5. The molecule has 0 saturated heterocycles. The molecule has 0 aromatic rings. The Morgan fingerprint density at radius 2 is 0.500 bits per heavy atom. The van der Waals surface area contributed by atoms with Crippen LogP contribution in [0.25, 0.3) is 0 Å². The summed E-state index contributed by atoms with van der Waals surface area (Å²) in [5.74, 6) is -0.585. The van der Waals surface area contributed by atoms with Gasteiger partial charge in [0.05, 0.1) is 6.61 Å². The Kier molecular flexibility index (Phi) is 65.9. The van der Waals surface area contributed by atoms with Crippen LogP contribution in [-0.4, -0.2) is 36.4 Å². The fourth-order valence-electron chi connectivity index (χ4n) is 9.47. The first-order valence-corrected chi connectivity index (χ1v) is 33.7. The average molecular weight is 1110 g/mol. The first-order chi connectivity index (χ1) is 39.6. The van der Waals surface area contributed by atoms with Crippen LogP contribution in [0.1, 0.15) is 309 Å². The molecule has 0 aromatic heterocycles. The third kappa shape index (κ3) is 66.6. The third-order valence-electron chi connectivity index (χ3n) is 14.4. The molecule has 0 amide bonds. The summed E-state index contributed by atoms with van der Waals surface area (Å²) in [6.07, 6.45) is 103. The SMILES string of the molecule is CC/C=C\C/C=C\C/C=C\C/C=C\C/C=C\C/C=C\C/C=C\CCCCCCCCCCCCCCCCCC(=O)OC(CO)COC(=O)CCCCCCCCCCCCCCCCCC/C=C\C/C=C\C/C=C\C/C=C\CC. The lowest BCUT2D eigenvalue weighted by atomic mass is 10.0. The van der Waals surface area contributed by atoms with Crippen LogP contribution < -0.4 is 0 Å². The van der Waals surface area contributed by atoms with Crippen LogP contribution in [0.15, 0.2) is 134 Å².